The minimum absolute atomic E-state index is 0. The van der Waals surface area contributed by atoms with E-state index in [-0.39, 0.29) is 64.8 Å². The molecule has 0 aliphatic carbocycles. The first-order valence-electron chi connectivity index (χ1n) is 3.92. The zero-order valence-corrected chi connectivity index (χ0v) is 14.7. The summed E-state index contributed by atoms with van der Waals surface area (Å²) in [6.07, 6.45) is 0.860. The van der Waals surface area contributed by atoms with Crippen molar-refractivity contribution < 1.29 is 63.3 Å². The molecule has 0 aliphatic rings. The van der Waals surface area contributed by atoms with Crippen LogP contribution in [0.2, 0.25) is 0 Å². The fourth-order valence-electron chi connectivity index (χ4n) is 0.962. The van der Waals surface area contributed by atoms with E-state index < -0.39 is 0 Å². The van der Waals surface area contributed by atoms with E-state index in [1.165, 1.54) is 0 Å². The van der Waals surface area contributed by atoms with E-state index in [4.69, 9.17) is 5.11 Å². The largest absolute Gasteiger partial charge is 1.00 e. The zero-order chi connectivity index (χ0) is 9.14. The number of aromatic nitrogens is 2. The van der Waals surface area contributed by atoms with Gasteiger partial charge in [0.15, 0.2) is 0 Å². The van der Waals surface area contributed by atoms with Crippen molar-refractivity contribution in [1.82, 2.24) is 9.97 Å². The summed E-state index contributed by atoms with van der Waals surface area (Å²) in [5, 5.41) is 8.83. The third-order valence-corrected chi connectivity index (χ3v) is 2.10. The minimum Gasteiger partial charge on any atom is -0.441 e. The van der Waals surface area contributed by atoms with Gasteiger partial charge in [-0.1, -0.05) is 35.6 Å². The number of aliphatic hydroxyl groups is 1. The molecular formula is C8H12BrN2ORb. The molecule has 1 heterocycles. The van der Waals surface area contributed by atoms with Gasteiger partial charge in [-0.3, -0.25) is 0 Å². The van der Waals surface area contributed by atoms with Crippen molar-refractivity contribution in [1.29, 1.82) is 0 Å². The first-order chi connectivity index (χ1) is 5.63. The summed E-state index contributed by atoms with van der Waals surface area (Å²) in [5.41, 5.74) is 0.630. The number of halogens is 1. The van der Waals surface area contributed by atoms with E-state index in [9.17, 15) is 0 Å². The van der Waals surface area contributed by atoms with Gasteiger partial charge in [-0.15, -0.1) is 0 Å². The van der Waals surface area contributed by atoms with Crippen molar-refractivity contribution in [3.8, 4) is 0 Å². The smallest absolute Gasteiger partial charge is 0.441 e. The number of hydrogen-bond acceptors (Lipinski definition) is 2. The molecule has 0 unspecified atom stereocenters. The fourth-order valence-corrected chi connectivity index (χ4v) is 1.38. The van der Waals surface area contributed by atoms with Gasteiger partial charge in [0.25, 0.3) is 0 Å². The maximum absolute atomic E-state index is 8.83. The number of nitrogens with zero attached hydrogens (tertiary/aromatic N) is 2. The first-order valence-corrected chi connectivity index (χ1v) is 4.71. The molecule has 3 nitrogen and oxygen atoms in total. The molecule has 0 amide bonds. The molecule has 1 aromatic rings. The van der Waals surface area contributed by atoms with Gasteiger partial charge in [-0.2, -0.15) is 0 Å². The van der Waals surface area contributed by atoms with Crippen LogP contribution >= 0.6 is 15.9 Å². The van der Waals surface area contributed by atoms with E-state index in [2.05, 4.69) is 39.7 Å². The van der Waals surface area contributed by atoms with E-state index in [0.29, 0.717) is 16.2 Å². The summed E-state index contributed by atoms with van der Waals surface area (Å²) < 4.78 is 0.667. The molecule has 1 rings (SSSR count). The Bertz CT molecular complexity index is 263. The molecule has 1 aromatic heterocycles. The van der Waals surface area contributed by atoms with Crippen LogP contribution in [-0.4, -0.2) is 10.1 Å². The Balaban J connectivity index is 0.00000144. The SMILES string of the molecule is CC(C)Cc1nc(Br)c(CO)[n-]1.[Rb+]. The molecule has 0 atom stereocenters. The third kappa shape index (κ3) is 4.66. The molecule has 13 heavy (non-hydrogen) atoms. The number of hydrogen-bond donors (Lipinski definition) is 1. The second-order valence-corrected chi connectivity index (χ2v) is 3.88. The van der Waals surface area contributed by atoms with Crippen molar-refractivity contribution in [2.24, 2.45) is 5.92 Å². The van der Waals surface area contributed by atoms with Gasteiger partial charge in [0.05, 0.1) is 6.61 Å². The third-order valence-electron chi connectivity index (χ3n) is 1.47. The Kier molecular flexibility index (Phi) is 7.62. The molecule has 0 spiro atoms. The van der Waals surface area contributed by atoms with Crippen LogP contribution in [0.5, 0.6) is 0 Å². The summed E-state index contributed by atoms with van der Waals surface area (Å²) >= 11 is 3.23. The minimum atomic E-state index is -0.0499. The zero-order valence-electron chi connectivity index (χ0n) is 8.21. The maximum atomic E-state index is 8.83. The summed E-state index contributed by atoms with van der Waals surface area (Å²) in [6, 6.07) is 0. The van der Waals surface area contributed by atoms with E-state index >= 15 is 0 Å². The molecule has 0 radical (unpaired) electrons. The molecular weight excluding hydrogens is 305 g/mol. The maximum Gasteiger partial charge on any atom is 1.00 e. The predicted molar refractivity (Wildman–Crippen MR) is 49.7 cm³/mol. The van der Waals surface area contributed by atoms with Gasteiger partial charge in [0.1, 0.15) is 0 Å². The summed E-state index contributed by atoms with van der Waals surface area (Å²) in [5.74, 6) is 1.35. The Labute approximate surface area is 136 Å². The standard InChI is InChI=1S/C8H12BrN2O.Rb/c1-5(2)3-7-10-6(4-12)8(9)11-7;/h5,12H,3-4H2,1-2H3;/q-1;+1. The van der Waals surface area contributed by atoms with Crippen LogP contribution < -0.4 is 63.2 Å². The molecule has 0 aliphatic heterocycles. The summed E-state index contributed by atoms with van der Waals surface area (Å²) in [6.45, 7) is 4.18. The van der Waals surface area contributed by atoms with Crippen LogP contribution in [-0.2, 0) is 13.0 Å². The number of aliphatic hydroxyl groups excluding tert-OH is 1. The van der Waals surface area contributed by atoms with Crippen molar-refractivity contribution in [2.75, 3.05) is 0 Å². The fraction of sp³-hybridized carbons (Fsp3) is 0.625. The Hall–Kier alpha value is 1.46. The summed E-state index contributed by atoms with van der Waals surface area (Å²) in [7, 11) is 0. The topological polar surface area (TPSA) is 47.2 Å². The van der Waals surface area contributed by atoms with E-state index in [0.717, 1.165) is 12.2 Å². The molecule has 68 valence electrons. The molecule has 0 saturated heterocycles. The number of rotatable bonds is 3. The first kappa shape index (κ1) is 14.5. The van der Waals surface area contributed by atoms with E-state index in [1.54, 1.807) is 0 Å². The molecule has 0 bridgehead atoms. The van der Waals surface area contributed by atoms with Crippen molar-refractivity contribution in [2.45, 2.75) is 26.9 Å². The number of imidazole rings is 1. The normalized spacial score (nSPS) is 10.2. The molecule has 0 aromatic carbocycles. The molecule has 0 fully saturated rings. The van der Waals surface area contributed by atoms with Crippen LogP contribution in [0, 0.1) is 5.92 Å². The van der Waals surface area contributed by atoms with Crippen LogP contribution in [0.4, 0.5) is 0 Å². The van der Waals surface area contributed by atoms with Crippen molar-refractivity contribution in [3.05, 3.63) is 16.1 Å². The van der Waals surface area contributed by atoms with Gasteiger partial charge in [-0.05, 0) is 18.0 Å². The Morgan fingerprint density at radius 3 is 2.54 bits per heavy atom. The second kappa shape index (κ2) is 6.85. The van der Waals surface area contributed by atoms with Crippen molar-refractivity contribution >= 4 is 15.9 Å². The Morgan fingerprint density at radius 2 is 2.15 bits per heavy atom. The van der Waals surface area contributed by atoms with E-state index in [1.807, 2.05) is 0 Å². The van der Waals surface area contributed by atoms with Gasteiger partial charge in [-0.25, -0.2) is 0 Å². The quantitative estimate of drug-likeness (QED) is 0.738. The van der Waals surface area contributed by atoms with Crippen LogP contribution in [0.1, 0.15) is 25.4 Å². The second-order valence-electron chi connectivity index (χ2n) is 3.13. The average molecular weight is 318 g/mol. The summed E-state index contributed by atoms with van der Waals surface area (Å²) in [4.78, 5) is 8.33. The molecule has 5 heteroatoms. The van der Waals surface area contributed by atoms with Crippen LogP contribution in [0.25, 0.3) is 0 Å². The molecule has 1 N–H and O–H groups in total. The van der Waals surface area contributed by atoms with Crippen LogP contribution in [0.15, 0.2) is 4.60 Å². The monoisotopic (exact) mass is 316 g/mol. The van der Waals surface area contributed by atoms with Gasteiger partial charge in [0.2, 0.25) is 0 Å². The molecule has 0 saturated carbocycles. The Morgan fingerprint density at radius 1 is 1.54 bits per heavy atom. The van der Waals surface area contributed by atoms with Crippen molar-refractivity contribution in [3.63, 3.8) is 0 Å². The predicted octanol–water partition coefficient (Wildman–Crippen LogP) is -1.50. The van der Waals surface area contributed by atoms with Gasteiger partial charge < -0.3 is 15.1 Å². The van der Waals surface area contributed by atoms with Crippen LogP contribution in [0.3, 0.4) is 0 Å². The van der Waals surface area contributed by atoms with Gasteiger partial charge >= 0.3 is 58.2 Å². The van der Waals surface area contributed by atoms with Gasteiger partial charge in [0, 0.05) is 4.60 Å². The average Bonchev–Trinajstić information content (AvgIpc) is 2.29.